The summed E-state index contributed by atoms with van der Waals surface area (Å²) in [5.74, 6) is 0.857. The number of nitrogens with two attached hydrogens (primary N) is 1. The van der Waals surface area contributed by atoms with E-state index in [4.69, 9.17) is 10.5 Å². The summed E-state index contributed by atoms with van der Waals surface area (Å²) < 4.78 is 5.75. The van der Waals surface area contributed by atoms with E-state index in [1.54, 1.807) is 0 Å². The minimum atomic E-state index is 0.457. The maximum absolute atomic E-state index is 5.79. The summed E-state index contributed by atoms with van der Waals surface area (Å²) in [6.07, 6.45) is 0. The van der Waals surface area contributed by atoms with Crippen LogP contribution in [0.1, 0.15) is 11.3 Å². The molecule has 0 aliphatic rings. The monoisotopic (exact) mass is 279 g/mol. The summed E-state index contributed by atoms with van der Waals surface area (Å²) in [4.78, 5) is 0. The van der Waals surface area contributed by atoms with Crippen LogP contribution in [-0.4, -0.2) is 10.2 Å². The molecule has 3 aromatic rings. The Morgan fingerprint density at radius 2 is 1.95 bits per heavy atom. The first kappa shape index (κ1) is 13.2. The second-order valence-corrected chi connectivity index (χ2v) is 5.01. The van der Waals surface area contributed by atoms with E-state index < -0.39 is 0 Å². The van der Waals surface area contributed by atoms with E-state index in [9.17, 15) is 0 Å². The van der Waals surface area contributed by atoms with Crippen molar-refractivity contribution in [2.45, 2.75) is 13.5 Å². The Morgan fingerprint density at radius 1 is 1.10 bits per heavy atom. The largest absolute Gasteiger partial charge is 0.487 e. The van der Waals surface area contributed by atoms with Crippen molar-refractivity contribution >= 4 is 5.69 Å². The molecule has 0 aliphatic carbocycles. The number of nitrogens with one attached hydrogen (secondary N) is 1. The first-order valence-electron chi connectivity index (χ1n) is 6.80. The maximum atomic E-state index is 5.79. The van der Waals surface area contributed by atoms with Crippen LogP contribution < -0.4 is 10.5 Å². The summed E-state index contributed by atoms with van der Waals surface area (Å²) in [6, 6.07) is 17.6. The normalized spacial score (nSPS) is 10.5. The molecule has 4 heteroatoms. The number of nitrogen functional groups attached to an aromatic ring is 1. The van der Waals surface area contributed by atoms with E-state index in [1.165, 1.54) is 5.56 Å². The molecule has 2 aromatic carbocycles. The second kappa shape index (κ2) is 5.71. The van der Waals surface area contributed by atoms with E-state index in [0.717, 1.165) is 28.4 Å². The standard InChI is InChI=1S/C17H17N3O/c1-12-4-2-7-16(8-12)21-11-15-10-17(20-19-15)13-5-3-6-14(18)9-13/h2-10H,11,18H2,1H3,(H,19,20). The Balaban J connectivity index is 1.71. The Hall–Kier alpha value is -2.75. The van der Waals surface area contributed by atoms with Crippen molar-refractivity contribution in [2.75, 3.05) is 5.73 Å². The maximum Gasteiger partial charge on any atom is 0.130 e. The van der Waals surface area contributed by atoms with E-state index in [2.05, 4.69) is 10.2 Å². The van der Waals surface area contributed by atoms with Gasteiger partial charge in [0.1, 0.15) is 12.4 Å². The molecule has 106 valence electrons. The average molecular weight is 279 g/mol. The number of hydrogen-bond acceptors (Lipinski definition) is 3. The van der Waals surface area contributed by atoms with Gasteiger partial charge in [-0.05, 0) is 42.8 Å². The van der Waals surface area contributed by atoms with Crippen molar-refractivity contribution in [1.29, 1.82) is 0 Å². The first-order chi connectivity index (χ1) is 10.2. The minimum absolute atomic E-state index is 0.457. The molecule has 3 N–H and O–H groups in total. The highest BCUT2D eigenvalue weighted by Crippen LogP contribution is 2.21. The fourth-order valence-corrected chi connectivity index (χ4v) is 2.15. The van der Waals surface area contributed by atoms with Crippen LogP contribution in [0.3, 0.4) is 0 Å². The van der Waals surface area contributed by atoms with Crippen molar-refractivity contribution < 1.29 is 4.74 Å². The van der Waals surface area contributed by atoms with Gasteiger partial charge in [0.15, 0.2) is 0 Å². The van der Waals surface area contributed by atoms with Gasteiger partial charge in [0, 0.05) is 11.3 Å². The lowest BCUT2D eigenvalue weighted by Crippen LogP contribution is -1.95. The lowest BCUT2D eigenvalue weighted by Gasteiger charge is -2.04. The molecule has 0 aliphatic heterocycles. The molecule has 0 saturated heterocycles. The summed E-state index contributed by atoms with van der Waals surface area (Å²) >= 11 is 0. The smallest absolute Gasteiger partial charge is 0.130 e. The van der Waals surface area contributed by atoms with Crippen molar-refractivity contribution in [1.82, 2.24) is 10.2 Å². The molecule has 1 heterocycles. The molecule has 0 radical (unpaired) electrons. The average Bonchev–Trinajstić information content (AvgIpc) is 2.94. The van der Waals surface area contributed by atoms with Crippen LogP contribution >= 0.6 is 0 Å². The molecule has 3 rings (SSSR count). The van der Waals surface area contributed by atoms with Gasteiger partial charge in [-0.2, -0.15) is 5.10 Å². The summed E-state index contributed by atoms with van der Waals surface area (Å²) in [5.41, 5.74) is 10.5. The van der Waals surface area contributed by atoms with Crippen LogP contribution in [0.25, 0.3) is 11.3 Å². The van der Waals surface area contributed by atoms with Gasteiger partial charge >= 0.3 is 0 Å². The molecule has 0 bridgehead atoms. The van der Waals surface area contributed by atoms with Gasteiger partial charge in [-0.3, -0.25) is 5.10 Å². The first-order valence-corrected chi connectivity index (χ1v) is 6.80. The molecule has 0 saturated carbocycles. The number of nitrogens with zero attached hydrogens (tertiary/aromatic N) is 1. The molecular formula is C17H17N3O. The van der Waals surface area contributed by atoms with E-state index >= 15 is 0 Å². The van der Waals surface area contributed by atoms with Gasteiger partial charge < -0.3 is 10.5 Å². The van der Waals surface area contributed by atoms with Crippen LogP contribution in [0.2, 0.25) is 0 Å². The van der Waals surface area contributed by atoms with Crippen molar-refractivity contribution in [3.8, 4) is 17.0 Å². The third-order valence-corrected chi connectivity index (χ3v) is 3.20. The number of anilines is 1. The number of rotatable bonds is 4. The topological polar surface area (TPSA) is 63.9 Å². The molecule has 0 spiro atoms. The predicted octanol–water partition coefficient (Wildman–Crippen LogP) is 3.55. The van der Waals surface area contributed by atoms with Gasteiger partial charge in [0.25, 0.3) is 0 Å². The number of aromatic amines is 1. The molecule has 0 amide bonds. The zero-order chi connectivity index (χ0) is 14.7. The van der Waals surface area contributed by atoms with Gasteiger partial charge in [-0.25, -0.2) is 0 Å². The lowest BCUT2D eigenvalue weighted by molar-refractivity contribution is 0.301. The highest BCUT2D eigenvalue weighted by atomic mass is 16.5. The Bertz CT molecular complexity index is 749. The third-order valence-electron chi connectivity index (χ3n) is 3.20. The third kappa shape index (κ3) is 3.23. The van der Waals surface area contributed by atoms with Gasteiger partial charge in [-0.1, -0.05) is 24.3 Å². The van der Waals surface area contributed by atoms with E-state index in [0.29, 0.717) is 6.61 Å². The van der Waals surface area contributed by atoms with Gasteiger partial charge in [0.2, 0.25) is 0 Å². The lowest BCUT2D eigenvalue weighted by atomic mass is 10.1. The number of benzene rings is 2. The SMILES string of the molecule is Cc1cccc(OCc2cc(-c3cccc(N)c3)n[nH]2)c1. The predicted molar refractivity (Wildman–Crippen MR) is 83.9 cm³/mol. The molecule has 0 unspecified atom stereocenters. The van der Waals surface area contributed by atoms with Gasteiger partial charge in [-0.15, -0.1) is 0 Å². The Labute approximate surface area is 123 Å². The van der Waals surface area contributed by atoms with Crippen molar-refractivity contribution in [3.63, 3.8) is 0 Å². The number of aryl methyl sites for hydroxylation is 1. The molecular weight excluding hydrogens is 262 g/mol. The van der Waals surface area contributed by atoms with Gasteiger partial charge in [0.05, 0.1) is 11.4 Å². The number of aromatic nitrogens is 2. The molecule has 21 heavy (non-hydrogen) atoms. The number of ether oxygens (including phenoxy) is 1. The summed E-state index contributed by atoms with van der Waals surface area (Å²) in [7, 11) is 0. The van der Waals surface area contributed by atoms with Crippen LogP contribution in [0.15, 0.2) is 54.6 Å². The van der Waals surface area contributed by atoms with Crippen LogP contribution in [0.4, 0.5) is 5.69 Å². The molecule has 4 nitrogen and oxygen atoms in total. The zero-order valence-electron chi connectivity index (χ0n) is 11.8. The van der Waals surface area contributed by atoms with E-state index in [-0.39, 0.29) is 0 Å². The van der Waals surface area contributed by atoms with E-state index in [1.807, 2.05) is 61.5 Å². The summed E-state index contributed by atoms with van der Waals surface area (Å²) in [5, 5.41) is 7.29. The molecule has 1 aromatic heterocycles. The highest BCUT2D eigenvalue weighted by molar-refractivity contribution is 5.64. The van der Waals surface area contributed by atoms with Crippen LogP contribution in [-0.2, 0) is 6.61 Å². The fraction of sp³-hybridized carbons (Fsp3) is 0.118. The zero-order valence-corrected chi connectivity index (χ0v) is 11.8. The minimum Gasteiger partial charge on any atom is -0.487 e. The number of hydrogen-bond donors (Lipinski definition) is 2. The fourth-order valence-electron chi connectivity index (χ4n) is 2.15. The molecule has 0 atom stereocenters. The Morgan fingerprint density at radius 3 is 2.76 bits per heavy atom. The van der Waals surface area contributed by atoms with Crippen molar-refractivity contribution in [3.05, 3.63) is 65.9 Å². The Kier molecular flexibility index (Phi) is 3.60. The van der Waals surface area contributed by atoms with Crippen molar-refractivity contribution in [2.24, 2.45) is 0 Å². The van der Waals surface area contributed by atoms with Crippen LogP contribution in [0.5, 0.6) is 5.75 Å². The quantitative estimate of drug-likeness (QED) is 0.718. The number of H-pyrrole nitrogens is 1. The molecule has 0 fully saturated rings. The highest BCUT2D eigenvalue weighted by Gasteiger charge is 2.05. The van der Waals surface area contributed by atoms with Crippen LogP contribution in [0, 0.1) is 6.92 Å². The second-order valence-electron chi connectivity index (χ2n) is 5.01. The summed E-state index contributed by atoms with van der Waals surface area (Å²) in [6.45, 7) is 2.50.